The SMILES string of the molecule is COCC1(CNC(=O)c2cn(-c3ccccc3)nn2)CCNCC1.Cl. The Bertz CT molecular complexity index is 665. The topological polar surface area (TPSA) is 81.1 Å². The predicted molar refractivity (Wildman–Crippen MR) is 97.4 cm³/mol. The molecule has 7 nitrogen and oxygen atoms in total. The first-order valence-corrected chi connectivity index (χ1v) is 8.18. The van der Waals surface area contributed by atoms with Crippen LogP contribution in [0.25, 0.3) is 5.69 Å². The third-order valence-corrected chi connectivity index (χ3v) is 4.49. The molecule has 0 saturated carbocycles. The number of hydrogen-bond acceptors (Lipinski definition) is 5. The molecule has 1 aliphatic rings. The summed E-state index contributed by atoms with van der Waals surface area (Å²) in [7, 11) is 1.71. The Morgan fingerprint density at radius 3 is 2.72 bits per heavy atom. The Balaban J connectivity index is 0.00000225. The molecule has 0 atom stereocenters. The molecule has 2 aromatic rings. The Morgan fingerprint density at radius 2 is 2.04 bits per heavy atom. The van der Waals surface area contributed by atoms with Gasteiger partial charge in [-0.2, -0.15) is 0 Å². The largest absolute Gasteiger partial charge is 0.384 e. The van der Waals surface area contributed by atoms with Crippen LogP contribution in [0.2, 0.25) is 0 Å². The Labute approximate surface area is 153 Å². The highest BCUT2D eigenvalue weighted by atomic mass is 35.5. The maximum absolute atomic E-state index is 12.4. The zero-order valence-electron chi connectivity index (χ0n) is 14.3. The first-order valence-electron chi connectivity index (χ1n) is 8.18. The van der Waals surface area contributed by atoms with Crippen molar-refractivity contribution < 1.29 is 9.53 Å². The number of carbonyl (C=O) groups excluding carboxylic acids is 1. The van der Waals surface area contributed by atoms with Crippen LogP contribution in [0.4, 0.5) is 0 Å². The van der Waals surface area contributed by atoms with Gasteiger partial charge in [0.25, 0.3) is 5.91 Å². The van der Waals surface area contributed by atoms with Crippen molar-refractivity contribution in [3.63, 3.8) is 0 Å². The van der Waals surface area contributed by atoms with E-state index >= 15 is 0 Å². The van der Waals surface area contributed by atoms with Gasteiger partial charge in [0.1, 0.15) is 0 Å². The second-order valence-electron chi connectivity index (χ2n) is 6.25. The van der Waals surface area contributed by atoms with Crippen LogP contribution >= 0.6 is 12.4 Å². The van der Waals surface area contributed by atoms with Crippen molar-refractivity contribution in [2.75, 3.05) is 33.4 Å². The highest BCUT2D eigenvalue weighted by Gasteiger charge is 2.32. The summed E-state index contributed by atoms with van der Waals surface area (Å²) in [5.74, 6) is -0.203. The van der Waals surface area contributed by atoms with Gasteiger partial charge in [-0.05, 0) is 38.1 Å². The quantitative estimate of drug-likeness (QED) is 0.809. The van der Waals surface area contributed by atoms with Gasteiger partial charge in [0.15, 0.2) is 5.69 Å². The molecule has 1 fully saturated rings. The lowest BCUT2D eigenvalue weighted by molar-refractivity contribution is 0.0510. The third-order valence-electron chi connectivity index (χ3n) is 4.49. The number of amides is 1. The molecule has 0 unspecified atom stereocenters. The van der Waals surface area contributed by atoms with Crippen LogP contribution in [0.15, 0.2) is 36.5 Å². The number of halogens is 1. The van der Waals surface area contributed by atoms with E-state index < -0.39 is 0 Å². The number of methoxy groups -OCH3 is 1. The first-order chi connectivity index (χ1) is 11.7. The summed E-state index contributed by atoms with van der Waals surface area (Å²) in [6.07, 6.45) is 3.62. The summed E-state index contributed by atoms with van der Waals surface area (Å²) in [5, 5.41) is 14.4. The van der Waals surface area contributed by atoms with Crippen molar-refractivity contribution in [3.05, 3.63) is 42.2 Å². The van der Waals surface area contributed by atoms with E-state index in [1.807, 2.05) is 30.3 Å². The fraction of sp³-hybridized carbons (Fsp3) is 0.471. The van der Waals surface area contributed by atoms with Crippen LogP contribution in [0.5, 0.6) is 0 Å². The van der Waals surface area contributed by atoms with E-state index in [4.69, 9.17) is 4.74 Å². The fourth-order valence-corrected chi connectivity index (χ4v) is 3.07. The number of para-hydroxylation sites is 1. The minimum atomic E-state index is -0.203. The molecule has 136 valence electrons. The monoisotopic (exact) mass is 365 g/mol. The van der Waals surface area contributed by atoms with E-state index in [0.717, 1.165) is 31.6 Å². The zero-order chi connectivity index (χ0) is 16.8. The molecule has 2 heterocycles. The van der Waals surface area contributed by atoms with Gasteiger partial charge in [-0.25, -0.2) is 4.68 Å². The molecular formula is C17H24ClN5O2. The van der Waals surface area contributed by atoms with Crippen molar-refractivity contribution >= 4 is 18.3 Å². The number of nitrogens with one attached hydrogen (secondary N) is 2. The van der Waals surface area contributed by atoms with Crippen molar-refractivity contribution in [1.82, 2.24) is 25.6 Å². The van der Waals surface area contributed by atoms with Gasteiger partial charge in [0, 0.05) is 19.1 Å². The summed E-state index contributed by atoms with van der Waals surface area (Å²) in [5.41, 5.74) is 1.18. The Morgan fingerprint density at radius 1 is 1.32 bits per heavy atom. The van der Waals surface area contributed by atoms with E-state index in [9.17, 15) is 4.79 Å². The normalized spacial score (nSPS) is 16.0. The standard InChI is InChI=1S/C17H23N5O2.ClH/c1-24-13-17(7-9-18-10-8-17)12-19-16(23)15-11-22(21-20-15)14-5-3-2-4-6-14;/h2-6,11,18H,7-10,12-13H2,1H3,(H,19,23);1H. The second kappa shape index (κ2) is 8.94. The molecule has 8 heteroatoms. The lowest BCUT2D eigenvalue weighted by atomic mass is 9.79. The summed E-state index contributed by atoms with van der Waals surface area (Å²) >= 11 is 0. The number of ether oxygens (including phenoxy) is 1. The summed E-state index contributed by atoms with van der Waals surface area (Å²) < 4.78 is 6.98. The summed E-state index contributed by atoms with van der Waals surface area (Å²) in [6, 6.07) is 9.60. The lowest BCUT2D eigenvalue weighted by Gasteiger charge is -2.37. The number of benzene rings is 1. The van der Waals surface area contributed by atoms with Crippen LogP contribution in [0.1, 0.15) is 23.3 Å². The molecular weight excluding hydrogens is 342 g/mol. The highest BCUT2D eigenvalue weighted by molar-refractivity contribution is 5.91. The molecule has 1 aromatic heterocycles. The zero-order valence-corrected chi connectivity index (χ0v) is 15.1. The second-order valence-corrected chi connectivity index (χ2v) is 6.25. The van der Waals surface area contributed by atoms with Gasteiger partial charge in [0.05, 0.1) is 18.5 Å². The van der Waals surface area contributed by atoms with Crippen molar-refractivity contribution in [2.24, 2.45) is 5.41 Å². The fourth-order valence-electron chi connectivity index (χ4n) is 3.07. The molecule has 0 radical (unpaired) electrons. The maximum Gasteiger partial charge on any atom is 0.273 e. The van der Waals surface area contributed by atoms with Crippen LogP contribution in [-0.2, 0) is 4.74 Å². The number of carbonyl (C=O) groups is 1. The average molecular weight is 366 g/mol. The van der Waals surface area contributed by atoms with Gasteiger partial charge >= 0.3 is 0 Å². The number of piperidine rings is 1. The Kier molecular flexibility index (Phi) is 6.92. The first kappa shape index (κ1) is 19.4. The van der Waals surface area contributed by atoms with E-state index in [2.05, 4.69) is 20.9 Å². The van der Waals surface area contributed by atoms with Crippen molar-refractivity contribution in [1.29, 1.82) is 0 Å². The minimum absolute atomic E-state index is 0. The van der Waals surface area contributed by atoms with Crippen LogP contribution < -0.4 is 10.6 Å². The minimum Gasteiger partial charge on any atom is -0.384 e. The van der Waals surface area contributed by atoms with E-state index in [1.165, 1.54) is 0 Å². The molecule has 1 amide bonds. The molecule has 2 N–H and O–H groups in total. The average Bonchev–Trinajstić information content (AvgIpc) is 3.12. The predicted octanol–water partition coefficient (Wildman–Crippen LogP) is 1.44. The van der Waals surface area contributed by atoms with Crippen LogP contribution in [0.3, 0.4) is 0 Å². The van der Waals surface area contributed by atoms with Gasteiger partial charge in [-0.15, -0.1) is 17.5 Å². The van der Waals surface area contributed by atoms with Gasteiger partial charge in [-0.3, -0.25) is 4.79 Å². The van der Waals surface area contributed by atoms with Crippen molar-refractivity contribution in [2.45, 2.75) is 12.8 Å². The molecule has 0 aliphatic carbocycles. The number of hydrogen-bond donors (Lipinski definition) is 2. The number of rotatable bonds is 6. The molecule has 25 heavy (non-hydrogen) atoms. The summed E-state index contributed by atoms with van der Waals surface area (Å²) in [6.45, 7) is 3.12. The third kappa shape index (κ3) is 4.78. The van der Waals surface area contributed by atoms with Crippen LogP contribution in [0, 0.1) is 5.41 Å². The highest BCUT2D eigenvalue weighted by Crippen LogP contribution is 2.28. The molecule has 0 spiro atoms. The van der Waals surface area contributed by atoms with Gasteiger partial charge < -0.3 is 15.4 Å². The molecule has 1 aliphatic heterocycles. The van der Waals surface area contributed by atoms with Crippen molar-refractivity contribution in [3.8, 4) is 5.69 Å². The lowest BCUT2D eigenvalue weighted by Crippen LogP contribution is -2.47. The Hall–Kier alpha value is -1.96. The summed E-state index contributed by atoms with van der Waals surface area (Å²) in [4.78, 5) is 12.4. The van der Waals surface area contributed by atoms with E-state index in [-0.39, 0.29) is 23.7 Å². The number of nitrogens with zero attached hydrogens (tertiary/aromatic N) is 3. The molecule has 3 rings (SSSR count). The number of aromatic nitrogens is 3. The molecule has 1 saturated heterocycles. The van der Waals surface area contributed by atoms with Gasteiger partial charge in [0.2, 0.25) is 0 Å². The van der Waals surface area contributed by atoms with E-state index in [0.29, 0.717) is 18.8 Å². The molecule has 0 bridgehead atoms. The molecule has 1 aromatic carbocycles. The van der Waals surface area contributed by atoms with Crippen LogP contribution in [-0.4, -0.2) is 54.3 Å². The maximum atomic E-state index is 12.4. The van der Waals surface area contributed by atoms with Gasteiger partial charge in [-0.1, -0.05) is 23.4 Å². The van der Waals surface area contributed by atoms with E-state index in [1.54, 1.807) is 18.0 Å². The smallest absolute Gasteiger partial charge is 0.273 e.